The van der Waals surface area contributed by atoms with Crippen LogP contribution in [0, 0.1) is 20.8 Å². The molecule has 0 radical (unpaired) electrons. The van der Waals surface area contributed by atoms with Crippen LogP contribution in [0.5, 0.6) is 0 Å². The van der Waals surface area contributed by atoms with Crippen molar-refractivity contribution in [2.45, 2.75) is 26.8 Å². The first-order valence-electron chi connectivity index (χ1n) is 9.43. The van der Waals surface area contributed by atoms with Crippen molar-refractivity contribution in [2.75, 3.05) is 0 Å². The van der Waals surface area contributed by atoms with Crippen LogP contribution in [0.1, 0.15) is 44.7 Å². The van der Waals surface area contributed by atoms with Crippen molar-refractivity contribution in [3.8, 4) is 5.69 Å². The van der Waals surface area contributed by atoms with E-state index in [4.69, 9.17) is 4.42 Å². The van der Waals surface area contributed by atoms with Gasteiger partial charge in [0.05, 0.1) is 17.6 Å². The van der Waals surface area contributed by atoms with E-state index in [-0.39, 0.29) is 11.6 Å². The summed E-state index contributed by atoms with van der Waals surface area (Å²) in [5.41, 5.74) is 4.84. The van der Waals surface area contributed by atoms with Crippen molar-refractivity contribution in [1.82, 2.24) is 20.3 Å². The Bertz CT molecular complexity index is 1130. The number of benzene rings is 2. The quantitative estimate of drug-likeness (QED) is 0.555. The number of carbonyl (C=O) groups is 1. The fourth-order valence-corrected chi connectivity index (χ4v) is 3.35. The minimum Gasteiger partial charge on any atom is -0.467 e. The van der Waals surface area contributed by atoms with Crippen LogP contribution in [0.3, 0.4) is 0 Å². The van der Waals surface area contributed by atoms with Gasteiger partial charge in [-0.25, -0.2) is 0 Å². The minimum absolute atomic E-state index is 0.289. The van der Waals surface area contributed by atoms with E-state index in [1.165, 1.54) is 4.80 Å². The maximum absolute atomic E-state index is 13.1. The molecule has 2 aromatic carbocycles. The highest BCUT2D eigenvalue weighted by Crippen LogP contribution is 2.23. The van der Waals surface area contributed by atoms with Gasteiger partial charge in [-0.15, -0.1) is 5.10 Å². The van der Waals surface area contributed by atoms with Crippen LogP contribution in [0.2, 0.25) is 0 Å². The number of hydrogen-bond donors (Lipinski definition) is 1. The Labute approximate surface area is 169 Å². The Morgan fingerprint density at radius 3 is 2.48 bits per heavy atom. The zero-order valence-electron chi connectivity index (χ0n) is 16.6. The monoisotopic (exact) mass is 386 g/mol. The van der Waals surface area contributed by atoms with Gasteiger partial charge in [0.15, 0.2) is 5.69 Å². The molecule has 2 aromatic heterocycles. The number of aryl methyl sites for hydroxylation is 3. The Kier molecular flexibility index (Phi) is 4.99. The van der Waals surface area contributed by atoms with Crippen LogP contribution >= 0.6 is 0 Å². The SMILES string of the molecule is Cc1ccc(-n2nc(C)c(C(=O)NC(c3ccccc3)c3ccco3)n2)c(C)c1. The Balaban J connectivity index is 1.65. The second-order valence-electron chi connectivity index (χ2n) is 7.05. The minimum atomic E-state index is -0.413. The van der Waals surface area contributed by atoms with Crippen LogP contribution in [0.4, 0.5) is 0 Å². The van der Waals surface area contributed by atoms with Crippen LogP contribution < -0.4 is 5.32 Å². The molecule has 0 spiro atoms. The van der Waals surface area contributed by atoms with Gasteiger partial charge in [0.25, 0.3) is 5.91 Å². The van der Waals surface area contributed by atoms with E-state index >= 15 is 0 Å². The summed E-state index contributed by atoms with van der Waals surface area (Å²) in [7, 11) is 0. The third kappa shape index (κ3) is 3.82. The number of amides is 1. The number of furan rings is 1. The summed E-state index contributed by atoms with van der Waals surface area (Å²) < 4.78 is 5.56. The fraction of sp³-hybridized carbons (Fsp3) is 0.174. The summed E-state index contributed by atoms with van der Waals surface area (Å²) in [5, 5.41) is 12.0. The first kappa shape index (κ1) is 18.7. The molecule has 0 saturated carbocycles. The topological polar surface area (TPSA) is 73.0 Å². The predicted octanol–water partition coefficient (Wildman–Crippen LogP) is 4.30. The van der Waals surface area contributed by atoms with Gasteiger partial charge in [-0.2, -0.15) is 9.90 Å². The molecule has 0 aliphatic carbocycles. The van der Waals surface area contributed by atoms with Gasteiger partial charge >= 0.3 is 0 Å². The van der Waals surface area contributed by atoms with Crippen LogP contribution in [0.25, 0.3) is 5.69 Å². The molecule has 0 fully saturated rings. The largest absolute Gasteiger partial charge is 0.467 e. The van der Waals surface area contributed by atoms with Gasteiger partial charge in [-0.05, 0) is 50.1 Å². The van der Waals surface area contributed by atoms with Crippen LogP contribution in [-0.4, -0.2) is 20.9 Å². The number of rotatable bonds is 5. The molecule has 0 aliphatic rings. The van der Waals surface area contributed by atoms with Gasteiger partial charge in [0, 0.05) is 0 Å². The Hall–Kier alpha value is -3.67. The van der Waals surface area contributed by atoms with Gasteiger partial charge in [-0.3, -0.25) is 4.79 Å². The highest BCUT2D eigenvalue weighted by atomic mass is 16.3. The van der Waals surface area contributed by atoms with Gasteiger partial charge < -0.3 is 9.73 Å². The maximum Gasteiger partial charge on any atom is 0.274 e. The molecule has 1 atom stereocenters. The third-order valence-corrected chi connectivity index (χ3v) is 4.80. The Morgan fingerprint density at radius 2 is 1.79 bits per heavy atom. The molecule has 0 saturated heterocycles. The number of carbonyl (C=O) groups excluding carboxylic acids is 1. The van der Waals surface area contributed by atoms with E-state index in [0.717, 1.165) is 22.4 Å². The molecule has 146 valence electrons. The Morgan fingerprint density at radius 1 is 1.00 bits per heavy atom. The van der Waals surface area contributed by atoms with Crippen molar-refractivity contribution < 1.29 is 9.21 Å². The molecule has 0 aliphatic heterocycles. The van der Waals surface area contributed by atoms with Crippen LogP contribution in [-0.2, 0) is 0 Å². The highest BCUT2D eigenvalue weighted by molar-refractivity contribution is 5.93. The van der Waals surface area contributed by atoms with Crippen molar-refractivity contribution in [3.05, 3.63) is 101 Å². The fourth-order valence-electron chi connectivity index (χ4n) is 3.35. The predicted molar refractivity (Wildman–Crippen MR) is 110 cm³/mol. The number of nitrogens with zero attached hydrogens (tertiary/aromatic N) is 3. The summed E-state index contributed by atoms with van der Waals surface area (Å²) >= 11 is 0. The number of nitrogens with one attached hydrogen (secondary N) is 1. The first-order chi connectivity index (χ1) is 14.0. The van der Waals surface area contributed by atoms with Gasteiger partial charge in [0.1, 0.15) is 11.8 Å². The third-order valence-electron chi connectivity index (χ3n) is 4.80. The van der Waals surface area contributed by atoms with Gasteiger partial charge in [-0.1, -0.05) is 48.0 Å². The highest BCUT2D eigenvalue weighted by Gasteiger charge is 2.24. The molecule has 1 unspecified atom stereocenters. The van der Waals surface area contributed by atoms with Crippen LogP contribution in [0.15, 0.2) is 71.3 Å². The molecule has 1 N–H and O–H groups in total. The van der Waals surface area contributed by atoms with Crippen molar-refractivity contribution in [2.24, 2.45) is 0 Å². The molecule has 6 heteroatoms. The van der Waals surface area contributed by atoms with E-state index in [9.17, 15) is 4.79 Å². The molecule has 29 heavy (non-hydrogen) atoms. The number of aromatic nitrogens is 3. The molecule has 0 bridgehead atoms. The average molecular weight is 386 g/mol. The molecule has 2 heterocycles. The summed E-state index contributed by atoms with van der Waals surface area (Å²) in [4.78, 5) is 14.6. The normalized spacial score (nSPS) is 12.0. The second kappa shape index (κ2) is 7.75. The smallest absolute Gasteiger partial charge is 0.274 e. The lowest BCUT2D eigenvalue weighted by Gasteiger charge is -2.16. The van der Waals surface area contributed by atoms with Crippen molar-refractivity contribution >= 4 is 5.91 Å². The molecule has 4 rings (SSSR count). The number of hydrogen-bond acceptors (Lipinski definition) is 4. The summed E-state index contributed by atoms with van der Waals surface area (Å²) in [6, 6.07) is 19.0. The van der Waals surface area contributed by atoms with E-state index in [0.29, 0.717) is 11.5 Å². The molecule has 4 aromatic rings. The lowest BCUT2D eigenvalue weighted by atomic mass is 10.0. The zero-order valence-corrected chi connectivity index (χ0v) is 16.6. The molecule has 6 nitrogen and oxygen atoms in total. The van der Waals surface area contributed by atoms with Gasteiger partial charge in [0.2, 0.25) is 0 Å². The van der Waals surface area contributed by atoms with E-state index < -0.39 is 6.04 Å². The van der Waals surface area contributed by atoms with E-state index in [1.54, 1.807) is 19.3 Å². The maximum atomic E-state index is 13.1. The lowest BCUT2D eigenvalue weighted by Crippen LogP contribution is -2.30. The molecule has 1 amide bonds. The standard InChI is InChI=1S/C23H22N4O2/c1-15-11-12-19(16(2)14-15)27-25-17(3)21(26-27)23(28)24-22(20-10-7-13-29-20)18-8-5-4-6-9-18/h4-14,22H,1-3H3,(H,24,28). The van der Waals surface area contributed by atoms with E-state index in [2.05, 4.69) is 21.6 Å². The first-order valence-corrected chi connectivity index (χ1v) is 9.43. The zero-order chi connectivity index (χ0) is 20.4. The summed E-state index contributed by atoms with van der Waals surface area (Å²) in [5.74, 6) is 0.354. The average Bonchev–Trinajstić information content (AvgIpc) is 3.36. The summed E-state index contributed by atoms with van der Waals surface area (Å²) in [6.45, 7) is 5.82. The van der Waals surface area contributed by atoms with Crippen molar-refractivity contribution in [3.63, 3.8) is 0 Å². The van der Waals surface area contributed by atoms with E-state index in [1.807, 2.05) is 62.4 Å². The molecular formula is C23H22N4O2. The second-order valence-corrected chi connectivity index (χ2v) is 7.05. The molecular weight excluding hydrogens is 364 g/mol. The van der Waals surface area contributed by atoms with Crippen molar-refractivity contribution in [1.29, 1.82) is 0 Å². The lowest BCUT2D eigenvalue weighted by molar-refractivity contribution is 0.0933. The summed E-state index contributed by atoms with van der Waals surface area (Å²) in [6.07, 6.45) is 1.60.